The molecule has 1 amide bonds. The van der Waals surface area contributed by atoms with Crippen LogP contribution in [0.1, 0.15) is 18.1 Å². The van der Waals surface area contributed by atoms with Gasteiger partial charge in [0.05, 0.1) is 13.0 Å². The Bertz CT molecular complexity index is 1010. The van der Waals surface area contributed by atoms with Gasteiger partial charge in [0.15, 0.2) is 0 Å². The van der Waals surface area contributed by atoms with Gasteiger partial charge in [0.25, 0.3) is 5.78 Å². The molecule has 0 heterocycles. The third-order valence-corrected chi connectivity index (χ3v) is 4.84. The van der Waals surface area contributed by atoms with Crippen molar-refractivity contribution in [2.75, 3.05) is 6.61 Å². The van der Waals surface area contributed by atoms with Gasteiger partial charge in [-0.2, -0.15) is 0 Å². The van der Waals surface area contributed by atoms with Crippen LogP contribution < -0.4 is 5.32 Å². The van der Waals surface area contributed by atoms with Crippen LogP contribution in [0.5, 0.6) is 0 Å². The fourth-order valence-electron chi connectivity index (χ4n) is 3.28. The first-order valence-corrected chi connectivity index (χ1v) is 10.3. The standard InChI is InChI=1S/C26H25NO4/c1-2-31-26(30)25(29)23(17-19-9-5-3-6-10-19)27-24(28)18-20-13-15-22(16-14-20)21-11-7-4-8-12-21/h3-16,23H,2,17-18H2,1H3,(H,27,28)/t23-/m0/s1. The Morgan fingerprint density at radius 2 is 1.35 bits per heavy atom. The van der Waals surface area contributed by atoms with Crippen molar-refractivity contribution in [3.63, 3.8) is 0 Å². The lowest BCUT2D eigenvalue weighted by atomic mass is 10.0. The third kappa shape index (κ3) is 6.37. The molecule has 0 aliphatic carbocycles. The molecular formula is C26H25NO4. The predicted octanol–water partition coefficient (Wildman–Crippen LogP) is 3.76. The van der Waals surface area contributed by atoms with Crippen molar-refractivity contribution in [2.45, 2.75) is 25.8 Å². The molecule has 0 fully saturated rings. The molecule has 0 unspecified atom stereocenters. The average molecular weight is 415 g/mol. The SMILES string of the molecule is CCOC(=O)C(=O)[C@H](Cc1ccccc1)NC(=O)Cc1ccc(-c2ccccc2)cc1. The second kappa shape index (κ2) is 10.9. The molecular weight excluding hydrogens is 390 g/mol. The molecule has 0 radical (unpaired) electrons. The number of hydrogen-bond acceptors (Lipinski definition) is 4. The quantitative estimate of drug-likeness (QED) is 0.427. The molecule has 0 aromatic heterocycles. The number of nitrogens with one attached hydrogen (secondary N) is 1. The number of Topliss-reactive ketones (excluding diaryl/α,β-unsaturated/α-hetero) is 1. The van der Waals surface area contributed by atoms with Crippen LogP contribution in [0.15, 0.2) is 84.9 Å². The number of ether oxygens (including phenoxy) is 1. The molecule has 0 aliphatic rings. The second-order valence-electron chi connectivity index (χ2n) is 7.13. The van der Waals surface area contributed by atoms with Crippen LogP contribution >= 0.6 is 0 Å². The zero-order valence-electron chi connectivity index (χ0n) is 17.4. The zero-order valence-corrected chi connectivity index (χ0v) is 17.4. The summed E-state index contributed by atoms with van der Waals surface area (Å²) in [6, 6.07) is 25.9. The van der Waals surface area contributed by atoms with Gasteiger partial charge in [0.2, 0.25) is 5.91 Å². The minimum absolute atomic E-state index is 0.102. The molecule has 5 nitrogen and oxygen atoms in total. The molecule has 3 aromatic carbocycles. The van der Waals surface area contributed by atoms with E-state index in [-0.39, 0.29) is 25.4 Å². The monoisotopic (exact) mass is 415 g/mol. The lowest BCUT2D eigenvalue weighted by molar-refractivity contribution is -0.154. The number of hydrogen-bond donors (Lipinski definition) is 1. The van der Waals surface area contributed by atoms with Crippen molar-refractivity contribution in [2.24, 2.45) is 0 Å². The fourth-order valence-corrected chi connectivity index (χ4v) is 3.28. The van der Waals surface area contributed by atoms with Crippen molar-refractivity contribution in [3.05, 3.63) is 96.1 Å². The van der Waals surface area contributed by atoms with Gasteiger partial charge in [0.1, 0.15) is 6.04 Å². The van der Waals surface area contributed by atoms with Gasteiger partial charge in [-0.3, -0.25) is 9.59 Å². The Morgan fingerprint density at radius 1 is 0.774 bits per heavy atom. The maximum Gasteiger partial charge on any atom is 0.376 e. The molecule has 3 aromatic rings. The molecule has 0 bridgehead atoms. The van der Waals surface area contributed by atoms with Crippen LogP contribution in [0.2, 0.25) is 0 Å². The topological polar surface area (TPSA) is 72.5 Å². The second-order valence-corrected chi connectivity index (χ2v) is 7.13. The number of esters is 1. The fraction of sp³-hybridized carbons (Fsp3) is 0.192. The minimum Gasteiger partial charge on any atom is -0.460 e. The lowest BCUT2D eigenvalue weighted by Gasteiger charge is -2.17. The van der Waals surface area contributed by atoms with E-state index in [1.807, 2.05) is 84.9 Å². The highest BCUT2D eigenvalue weighted by atomic mass is 16.5. The summed E-state index contributed by atoms with van der Waals surface area (Å²) in [6.45, 7) is 1.74. The Morgan fingerprint density at radius 3 is 1.97 bits per heavy atom. The van der Waals surface area contributed by atoms with Crippen LogP contribution in [-0.2, 0) is 32.0 Å². The first-order valence-electron chi connectivity index (χ1n) is 10.3. The highest BCUT2D eigenvalue weighted by molar-refractivity contribution is 6.36. The van der Waals surface area contributed by atoms with Crippen molar-refractivity contribution < 1.29 is 19.1 Å². The number of carbonyl (C=O) groups is 3. The molecule has 0 saturated carbocycles. The maximum atomic E-state index is 12.6. The molecule has 5 heteroatoms. The largest absolute Gasteiger partial charge is 0.460 e. The third-order valence-electron chi connectivity index (χ3n) is 4.84. The van der Waals surface area contributed by atoms with Crippen molar-refractivity contribution >= 4 is 17.7 Å². The number of ketones is 1. The first kappa shape index (κ1) is 22.0. The van der Waals surface area contributed by atoms with E-state index < -0.39 is 17.8 Å². The van der Waals surface area contributed by atoms with Crippen LogP contribution in [0.3, 0.4) is 0 Å². The van der Waals surface area contributed by atoms with Crippen LogP contribution in [0.4, 0.5) is 0 Å². The normalized spacial score (nSPS) is 11.4. The summed E-state index contributed by atoms with van der Waals surface area (Å²) in [6.07, 6.45) is 0.327. The van der Waals surface area contributed by atoms with E-state index >= 15 is 0 Å². The molecule has 31 heavy (non-hydrogen) atoms. The lowest BCUT2D eigenvalue weighted by Crippen LogP contribution is -2.46. The summed E-state index contributed by atoms with van der Waals surface area (Å²) < 4.78 is 4.84. The Balaban J connectivity index is 1.67. The summed E-state index contributed by atoms with van der Waals surface area (Å²) in [4.78, 5) is 37.1. The molecule has 0 saturated heterocycles. The number of amides is 1. The van der Waals surface area contributed by atoms with E-state index in [4.69, 9.17) is 4.74 Å². The van der Waals surface area contributed by atoms with E-state index in [2.05, 4.69) is 5.32 Å². The van der Waals surface area contributed by atoms with E-state index in [0.717, 1.165) is 22.3 Å². The van der Waals surface area contributed by atoms with E-state index in [1.54, 1.807) is 6.92 Å². The van der Waals surface area contributed by atoms with Crippen LogP contribution in [0, 0.1) is 0 Å². The smallest absolute Gasteiger partial charge is 0.376 e. The molecule has 158 valence electrons. The van der Waals surface area contributed by atoms with E-state index in [1.165, 1.54) is 0 Å². The van der Waals surface area contributed by atoms with Gasteiger partial charge in [-0.25, -0.2) is 4.79 Å². The summed E-state index contributed by atoms with van der Waals surface area (Å²) >= 11 is 0. The number of rotatable bonds is 9. The predicted molar refractivity (Wildman–Crippen MR) is 119 cm³/mol. The van der Waals surface area contributed by atoms with E-state index in [0.29, 0.717) is 0 Å². The summed E-state index contributed by atoms with van der Waals surface area (Å²) in [5.41, 5.74) is 3.82. The number of benzene rings is 3. The maximum absolute atomic E-state index is 12.6. The summed E-state index contributed by atoms with van der Waals surface area (Å²) in [7, 11) is 0. The molecule has 0 aliphatic heterocycles. The van der Waals surface area contributed by atoms with Crippen LogP contribution in [-0.4, -0.2) is 30.3 Å². The highest BCUT2D eigenvalue weighted by Gasteiger charge is 2.28. The van der Waals surface area contributed by atoms with Crippen molar-refractivity contribution in [3.8, 4) is 11.1 Å². The average Bonchev–Trinajstić information content (AvgIpc) is 2.80. The first-order chi connectivity index (χ1) is 15.1. The van der Waals surface area contributed by atoms with Gasteiger partial charge in [-0.1, -0.05) is 84.9 Å². The van der Waals surface area contributed by atoms with Gasteiger partial charge >= 0.3 is 5.97 Å². The minimum atomic E-state index is -0.974. The van der Waals surface area contributed by atoms with Crippen molar-refractivity contribution in [1.82, 2.24) is 5.32 Å². The Labute approximate surface area is 182 Å². The summed E-state index contributed by atoms with van der Waals surface area (Å²) in [5, 5.41) is 2.71. The van der Waals surface area contributed by atoms with E-state index in [9.17, 15) is 14.4 Å². The summed E-state index contributed by atoms with van der Waals surface area (Å²) in [5.74, 6) is -2.01. The van der Waals surface area contributed by atoms with Crippen molar-refractivity contribution in [1.29, 1.82) is 0 Å². The van der Waals surface area contributed by atoms with Gasteiger partial charge in [-0.05, 0) is 29.2 Å². The zero-order chi connectivity index (χ0) is 22.1. The molecule has 1 atom stereocenters. The Hall–Kier alpha value is -3.73. The molecule has 1 N–H and O–H groups in total. The molecule has 3 rings (SSSR count). The van der Waals surface area contributed by atoms with Gasteiger partial charge in [0, 0.05) is 6.42 Å². The number of carbonyl (C=O) groups excluding carboxylic acids is 3. The van der Waals surface area contributed by atoms with Crippen LogP contribution in [0.25, 0.3) is 11.1 Å². The van der Waals surface area contributed by atoms with Gasteiger partial charge < -0.3 is 10.1 Å². The Kier molecular flexibility index (Phi) is 7.71. The molecule has 0 spiro atoms. The highest BCUT2D eigenvalue weighted by Crippen LogP contribution is 2.19. The van der Waals surface area contributed by atoms with Gasteiger partial charge in [-0.15, -0.1) is 0 Å².